The van der Waals surface area contributed by atoms with Gasteiger partial charge in [-0.1, -0.05) is 0 Å². The van der Waals surface area contributed by atoms with Crippen LogP contribution in [-0.4, -0.2) is 5.75 Å². The molecular formula is C10H12N2S. The van der Waals surface area contributed by atoms with Crippen molar-refractivity contribution in [3.8, 4) is 6.07 Å². The smallest absolute Gasteiger partial charge is 0.0630 e. The number of thioether (sulfide) groups is 1. The highest BCUT2D eigenvalue weighted by Crippen LogP contribution is 2.24. The van der Waals surface area contributed by atoms with Gasteiger partial charge in [0.15, 0.2) is 0 Å². The number of hydrogen-bond acceptors (Lipinski definition) is 3. The second-order valence-corrected chi connectivity index (χ2v) is 3.92. The van der Waals surface area contributed by atoms with Crippen LogP contribution < -0.4 is 5.73 Å². The van der Waals surface area contributed by atoms with E-state index in [9.17, 15) is 0 Å². The summed E-state index contributed by atoms with van der Waals surface area (Å²) in [5.41, 5.74) is 7.60. The molecule has 2 N–H and O–H groups in total. The van der Waals surface area contributed by atoms with E-state index < -0.39 is 0 Å². The minimum absolute atomic E-state index is 0.592. The molecule has 0 radical (unpaired) electrons. The van der Waals surface area contributed by atoms with Gasteiger partial charge < -0.3 is 5.73 Å². The summed E-state index contributed by atoms with van der Waals surface area (Å²) in [5, 5.41) is 8.37. The number of hydrogen-bond donors (Lipinski definition) is 1. The van der Waals surface area contributed by atoms with E-state index in [4.69, 9.17) is 11.0 Å². The first-order valence-electron chi connectivity index (χ1n) is 4.10. The van der Waals surface area contributed by atoms with E-state index in [0.717, 1.165) is 11.4 Å². The van der Waals surface area contributed by atoms with Crippen LogP contribution >= 0.6 is 11.8 Å². The predicted octanol–water partition coefficient (Wildman–Crippen LogP) is 2.58. The van der Waals surface area contributed by atoms with Crippen molar-refractivity contribution in [2.24, 2.45) is 0 Å². The van der Waals surface area contributed by atoms with Crippen LogP contribution in [0, 0.1) is 18.3 Å². The number of nitrogens with zero attached hydrogens (tertiary/aromatic N) is 1. The van der Waals surface area contributed by atoms with Crippen molar-refractivity contribution in [1.82, 2.24) is 0 Å². The van der Waals surface area contributed by atoms with Crippen LogP contribution in [0.15, 0.2) is 23.1 Å². The maximum atomic E-state index is 8.37. The van der Waals surface area contributed by atoms with Gasteiger partial charge in [0.25, 0.3) is 0 Å². The third-order valence-corrected chi connectivity index (χ3v) is 2.85. The van der Waals surface area contributed by atoms with E-state index in [1.54, 1.807) is 11.8 Å². The molecule has 0 amide bonds. The summed E-state index contributed by atoms with van der Waals surface area (Å²) in [6.07, 6.45) is 0.592. The maximum absolute atomic E-state index is 8.37. The van der Waals surface area contributed by atoms with Gasteiger partial charge in [-0.25, -0.2) is 0 Å². The fraction of sp³-hybridized carbons (Fsp3) is 0.300. The van der Waals surface area contributed by atoms with Gasteiger partial charge in [-0.2, -0.15) is 5.26 Å². The molecule has 1 aromatic carbocycles. The third-order valence-electron chi connectivity index (χ3n) is 1.67. The lowest BCUT2D eigenvalue weighted by molar-refractivity contribution is 1.22. The van der Waals surface area contributed by atoms with Gasteiger partial charge in [-0.15, -0.1) is 11.8 Å². The van der Waals surface area contributed by atoms with E-state index in [0.29, 0.717) is 6.42 Å². The molecule has 0 saturated heterocycles. The van der Waals surface area contributed by atoms with Crippen LogP contribution in [0.5, 0.6) is 0 Å². The zero-order valence-electron chi connectivity index (χ0n) is 7.58. The van der Waals surface area contributed by atoms with Crippen LogP contribution in [0.4, 0.5) is 5.69 Å². The normalized spacial score (nSPS) is 9.54. The van der Waals surface area contributed by atoms with Crippen molar-refractivity contribution < 1.29 is 0 Å². The van der Waals surface area contributed by atoms with Crippen molar-refractivity contribution in [3.63, 3.8) is 0 Å². The number of rotatable bonds is 3. The Kier molecular flexibility index (Phi) is 3.66. The molecule has 0 aromatic heterocycles. The van der Waals surface area contributed by atoms with Gasteiger partial charge in [-0.05, 0) is 30.7 Å². The van der Waals surface area contributed by atoms with Gasteiger partial charge >= 0.3 is 0 Å². The largest absolute Gasteiger partial charge is 0.399 e. The molecule has 1 rings (SSSR count). The molecule has 68 valence electrons. The highest BCUT2D eigenvalue weighted by atomic mass is 32.2. The van der Waals surface area contributed by atoms with Crippen molar-refractivity contribution in [2.45, 2.75) is 18.2 Å². The summed E-state index contributed by atoms with van der Waals surface area (Å²) in [4.78, 5) is 1.21. The van der Waals surface area contributed by atoms with E-state index in [2.05, 4.69) is 6.07 Å². The Bertz CT molecular complexity index is 328. The SMILES string of the molecule is Cc1cc(N)ccc1SCCC#N. The standard InChI is InChI=1S/C10H12N2S/c1-8-7-9(12)3-4-10(8)13-6-2-5-11/h3-4,7H,2,6,12H2,1H3. The Morgan fingerprint density at radius 3 is 2.92 bits per heavy atom. The second kappa shape index (κ2) is 4.78. The first kappa shape index (κ1) is 9.94. The van der Waals surface area contributed by atoms with Gasteiger partial charge in [0.2, 0.25) is 0 Å². The van der Waals surface area contributed by atoms with Crippen LogP contribution in [0.25, 0.3) is 0 Å². The molecular weight excluding hydrogens is 180 g/mol. The van der Waals surface area contributed by atoms with E-state index >= 15 is 0 Å². The fourth-order valence-electron chi connectivity index (χ4n) is 1.04. The Morgan fingerprint density at radius 1 is 1.54 bits per heavy atom. The zero-order chi connectivity index (χ0) is 9.68. The molecule has 0 fully saturated rings. The first-order chi connectivity index (χ1) is 6.24. The summed E-state index contributed by atoms with van der Waals surface area (Å²) in [6, 6.07) is 7.97. The molecule has 0 bridgehead atoms. The summed E-state index contributed by atoms with van der Waals surface area (Å²) in [6.45, 7) is 2.03. The van der Waals surface area contributed by atoms with Crippen molar-refractivity contribution in [2.75, 3.05) is 11.5 Å². The fourth-order valence-corrected chi connectivity index (χ4v) is 1.91. The lowest BCUT2D eigenvalue weighted by Crippen LogP contribution is -1.87. The number of aryl methyl sites for hydroxylation is 1. The second-order valence-electron chi connectivity index (χ2n) is 2.78. The van der Waals surface area contributed by atoms with Crippen molar-refractivity contribution in [3.05, 3.63) is 23.8 Å². The molecule has 0 spiro atoms. The minimum atomic E-state index is 0.592. The number of benzene rings is 1. The quantitative estimate of drug-likeness (QED) is 0.455. The maximum Gasteiger partial charge on any atom is 0.0630 e. The number of nitrogens with two attached hydrogens (primary N) is 1. The molecule has 0 heterocycles. The Hall–Kier alpha value is -1.14. The predicted molar refractivity (Wildman–Crippen MR) is 56.5 cm³/mol. The van der Waals surface area contributed by atoms with Crippen LogP contribution in [0.2, 0.25) is 0 Å². The lowest BCUT2D eigenvalue weighted by atomic mass is 10.2. The van der Waals surface area contributed by atoms with Crippen LogP contribution in [0.3, 0.4) is 0 Å². The summed E-state index contributed by atoms with van der Waals surface area (Å²) in [5.74, 6) is 0.848. The topological polar surface area (TPSA) is 49.8 Å². The number of nitriles is 1. The Morgan fingerprint density at radius 2 is 2.31 bits per heavy atom. The molecule has 2 nitrogen and oxygen atoms in total. The molecule has 0 aliphatic heterocycles. The molecule has 0 saturated carbocycles. The summed E-state index contributed by atoms with van der Waals surface area (Å²) < 4.78 is 0. The molecule has 1 aromatic rings. The third kappa shape index (κ3) is 3.00. The van der Waals surface area contributed by atoms with E-state index in [-0.39, 0.29) is 0 Å². The highest BCUT2D eigenvalue weighted by molar-refractivity contribution is 7.99. The molecule has 0 atom stereocenters. The van der Waals surface area contributed by atoms with Crippen molar-refractivity contribution >= 4 is 17.4 Å². The number of anilines is 1. The molecule has 0 unspecified atom stereocenters. The van der Waals surface area contributed by atoms with E-state index in [1.807, 2.05) is 25.1 Å². The summed E-state index contributed by atoms with van der Waals surface area (Å²) >= 11 is 1.70. The average molecular weight is 192 g/mol. The van der Waals surface area contributed by atoms with Gasteiger partial charge in [0.05, 0.1) is 6.07 Å². The Labute approximate surface area is 82.7 Å². The van der Waals surface area contributed by atoms with Crippen LogP contribution in [0.1, 0.15) is 12.0 Å². The van der Waals surface area contributed by atoms with Gasteiger partial charge in [-0.3, -0.25) is 0 Å². The first-order valence-corrected chi connectivity index (χ1v) is 5.08. The number of nitrogen functional groups attached to an aromatic ring is 1. The van der Waals surface area contributed by atoms with Gasteiger partial charge in [0.1, 0.15) is 0 Å². The van der Waals surface area contributed by atoms with Gasteiger partial charge in [0, 0.05) is 22.8 Å². The summed E-state index contributed by atoms with van der Waals surface area (Å²) in [7, 11) is 0. The molecule has 3 heteroatoms. The average Bonchev–Trinajstić information content (AvgIpc) is 2.09. The van der Waals surface area contributed by atoms with Crippen LogP contribution in [-0.2, 0) is 0 Å². The Balaban J connectivity index is 2.62. The van der Waals surface area contributed by atoms with Crippen molar-refractivity contribution in [1.29, 1.82) is 5.26 Å². The molecule has 0 aliphatic carbocycles. The monoisotopic (exact) mass is 192 g/mol. The molecule has 0 aliphatic rings. The highest BCUT2D eigenvalue weighted by Gasteiger charge is 1.98. The molecule has 13 heavy (non-hydrogen) atoms. The van der Waals surface area contributed by atoms with E-state index in [1.165, 1.54) is 10.5 Å². The zero-order valence-corrected chi connectivity index (χ0v) is 8.40. The lowest BCUT2D eigenvalue weighted by Gasteiger charge is -2.04. The minimum Gasteiger partial charge on any atom is -0.399 e.